The first kappa shape index (κ1) is 23.2. The number of aromatic amines is 1. The van der Waals surface area contributed by atoms with Gasteiger partial charge in [-0.2, -0.15) is 11.8 Å². The lowest BCUT2D eigenvalue weighted by Gasteiger charge is -2.14. The first-order valence-corrected chi connectivity index (χ1v) is 12.3. The third-order valence-corrected chi connectivity index (χ3v) is 7.59. The van der Waals surface area contributed by atoms with E-state index in [-0.39, 0.29) is 10.6 Å². The van der Waals surface area contributed by atoms with E-state index in [1.54, 1.807) is 6.07 Å². The van der Waals surface area contributed by atoms with E-state index in [0.29, 0.717) is 27.6 Å². The maximum absolute atomic E-state index is 11.6. The second-order valence-corrected chi connectivity index (χ2v) is 10.2. The number of phenolic OH excluding ortho intramolecular Hbond substituents is 1. The van der Waals surface area contributed by atoms with Gasteiger partial charge in [0, 0.05) is 22.4 Å². The third kappa shape index (κ3) is 6.25. The molecule has 0 aliphatic heterocycles. The quantitative estimate of drug-likeness (QED) is 0.307. The van der Waals surface area contributed by atoms with Gasteiger partial charge in [-0.15, -0.1) is 0 Å². The van der Waals surface area contributed by atoms with Gasteiger partial charge in [0.05, 0.1) is 10.8 Å². The average Bonchev–Trinajstić information content (AvgIpc) is 3.12. The highest BCUT2D eigenvalue weighted by molar-refractivity contribution is 7.99. The van der Waals surface area contributed by atoms with Gasteiger partial charge >= 0.3 is 4.87 Å². The fourth-order valence-corrected chi connectivity index (χ4v) is 5.42. The number of halogens is 1. The Kier molecular flexibility index (Phi) is 8.65. The number of aliphatic hydroxyl groups excluding tert-OH is 1. The predicted octanol–water partition coefficient (Wildman–Crippen LogP) is 4.72. The fourth-order valence-electron chi connectivity index (χ4n) is 3.28. The average molecular weight is 467 g/mol. The van der Waals surface area contributed by atoms with Crippen molar-refractivity contribution >= 4 is 44.9 Å². The molecule has 8 heteroatoms. The van der Waals surface area contributed by atoms with Crippen LogP contribution in [0, 0.1) is 0 Å². The molecule has 2 aromatic carbocycles. The first-order chi connectivity index (χ1) is 14.5. The van der Waals surface area contributed by atoms with E-state index in [4.69, 9.17) is 11.6 Å². The Labute approximate surface area is 189 Å². The van der Waals surface area contributed by atoms with Gasteiger partial charge in [0.25, 0.3) is 0 Å². The second-order valence-electron chi connectivity index (χ2n) is 7.28. The summed E-state index contributed by atoms with van der Waals surface area (Å²) in [5.41, 5.74) is 2.25. The smallest absolute Gasteiger partial charge is 0.305 e. The van der Waals surface area contributed by atoms with Crippen LogP contribution in [0.4, 0.5) is 0 Å². The Morgan fingerprint density at radius 2 is 2.07 bits per heavy atom. The zero-order valence-electron chi connectivity index (χ0n) is 16.9. The van der Waals surface area contributed by atoms with E-state index in [2.05, 4.69) is 23.3 Å². The summed E-state index contributed by atoms with van der Waals surface area (Å²) in [5, 5.41) is 25.0. The van der Waals surface area contributed by atoms with Crippen molar-refractivity contribution in [3.63, 3.8) is 0 Å². The molecule has 0 radical (unpaired) electrons. The minimum absolute atomic E-state index is 0.0212. The Hall–Kier alpha value is -1.51. The molecule has 0 aliphatic rings. The van der Waals surface area contributed by atoms with Crippen LogP contribution in [0.15, 0.2) is 41.2 Å². The highest BCUT2D eigenvalue weighted by atomic mass is 35.5. The molecule has 30 heavy (non-hydrogen) atoms. The number of fused-ring (bicyclic) bond motifs is 1. The number of aromatic nitrogens is 1. The van der Waals surface area contributed by atoms with E-state index in [1.165, 1.54) is 11.6 Å². The summed E-state index contributed by atoms with van der Waals surface area (Å²) in [6.07, 6.45) is 2.36. The van der Waals surface area contributed by atoms with Crippen molar-refractivity contribution < 1.29 is 10.2 Å². The molecule has 0 amide bonds. The molecule has 3 rings (SSSR count). The second kappa shape index (κ2) is 11.2. The largest absolute Gasteiger partial charge is 0.506 e. The lowest BCUT2D eigenvalue weighted by molar-refractivity contribution is 0.176. The fraction of sp³-hybridized carbons (Fsp3) is 0.409. The van der Waals surface area contributed by atoms with Crippen molar-refractivity contribution in [3.8, 4) is 5.75 Å². The molecule has 0 aliphatic carbocycles. The van der Waals surface area contributed by atoms with Crippen molar-refractivity contribution in [2.75, 3.05) is 18.8 Å². The van der Waals surface area contributed by atoms with Crippen LogP contribution in [0.1, 0.15) is 37.0 Å². The number of hydrogen-bond acceptors (Lipinski definition) is 6. The monoisotopic (exact) mass is 466 g/mol. The summed E-state index contributed by atoms with van der Waals surface area (Å²) in [6.45, 7) is 3.46. The summed E-state index contributed by atoms with van der Waals surface area (Å²) in [4.78, 5) is 14.0. The molecule has 4 N–H and O–H groups in total. The number of H-pyrrole nitrogens is 1. The van der Waals surface area contributed by atoms with Crippen LogP contribution in [0.3, 0.4) is 0 Å². The van der Waals surface area contributed by atoms with Gasteiger partial charge in [0.1, 0.15) is 11.3 Å². The van der Waals surface area contributed by atoms with Crippen molar-refractivity contribution in [2.24, 2.45) is 0 Å². The van der Waals surface area contributed by atoms with Crippen LogP contribution in [0.25, 0.3) is 10.2 Å². The molecular weight excluding hydrogens is 440 g/mol. The molecule has 1 heterocycles. The number of nitrogens with one attached hydrogen (secondary N) is 2. The molecule has 3 aromatic rings. The standard InChI is InChI=1S/C22H27ClN2O3S2/c1-14(7-8-15-5-2-3-6-17(15)23)29-12-4-11-24-13-19(27)16-9-10-18(26)20-21(16)30-22(28)25-20/h2-3,5-6,9-10,14,19,24,26-27H,4,7-8,11-13H2,1H3,(H,25,28)/t14?,19-/m1/s1. The summed E-state index contributed by atoms with van der Waals surface area (Å²) in [5.74, 6) is 1.07. The van der Waals surface area contributed by atoms with Crippen molar-refractivity contribution in [1.29, 1.82) is 0 Å². The SMILES string of the molecule is CC(CCc1ccccc1Cl)SCCCNC[C@@H](O)c1ccc(O)c2[nH]c(=O)sc12. The van der Waals surface area contributed by atoms with Crippen LogP contribution >= 0.6 is 34.7 Å². The Balaban J connectivity index is 1.35. The van der Waals surface area contributed by atoms with Crippen LogP contribution in [-0.2, 0) is 6.42 Å². The zero-order chi connectivity index (χ0) is 21.5. The van der Waals surface area contributed by atoms with Crippen LogP contribution in [0.5, 0.6) is 5.75 Å². The molecule has 1 unspecified atom stereocenters. The normalized spacial score (nSPS) is 13.6. The third-order valence-electron chi connectivity index (χ3n) is 4.96. The summed E-state index contributed by atoms with van der Waals surface area (Å²) < 4.78 is 0.609. The first-order valence-electron chi connectivity index (χ1n) is 10.0. The maximum Gasteiger partial charge on any atom is 0.305 e. The van der Waals surface area contributed by atoms with E-state index >= 15 is 0 Å². The van der Waals surface area contributed by atoms with Crippen LogP contribution in [0.2, 0.25) is 5.02 Å². The Morgan fingerprint density at radius 3 is 2.87 bits per heavy atom. The molecular formula is C22H27ClN2O3S2. The molecule has 0 saturated heterocycles. The predicted molar refractivity (Wildman–Crippen MR) is 128 cm³/mol. The number of aromatic hydroxyl groups is 1. The highest BCUT2D eigenvalue weighted by Crippen LogP contribution is 2.31. The van der Waals surface area contributed by atoms with Gasteiger partial charge in [0.2, 0.25) is 0 Å². The van der Waals surface area contributed by atoms with Gasteiger partial charge in [-0.3, -0.25) is 4.79 Å². The number of aryl methyl sites for hydroxylation is 1. The van der Waals surface area contributed by atoms with Gasteiger partial charge in [-0.1, -0.05) is 54.1 Å². The molecule has 1 aromatic heterocycles. The summed E-state index contributed by atoms with van der Waals surface area (Å²) >= 11 is 9.17. The molecule has 0 saturated carbocycles. The van der Waals surface area contributed by atoms with E-state index in [0.717, 1.165) is 47.9 Å². The molecule has 0 spiro atoms. The minimum atomic E-state index is -0.734. The lowest BCUT2D eigenvalue weighted by Crippen LogP contribution is -2.23. The Morgan fingerprint density at radius 1 is 1.27 bits per heavy atom. The zero-order valence-corrected chi connectivity index (χ0v) is 19.2. The minimum Gasteiger partial charge on any atom is -0.506 e. The van der Waals surface area contributed by atoms with E-state index in [9.17, 15) is 15.0 Å². The Bertz CT molecular complexity index is 1020. The number of hydrogen-bond donors (Lipinski definition) is 4. The number of aliphatic hydroxyl groups is 1. The maximum atomic E-state index is 11.6. The summed E-state index contributed by atoms with van der Waals surface area (Å²) in [6, 6.07) is 11.2. The van der Waals surface area contributed by atoms with Gasteiger partial charge in [0.15, 0.2) is 0 Å². The van der Waals surface area contributed by atoms with Crippen LogP contribution < -0.4 is 10.2 Å². The number of rotatable bonds is 11. The van der Waals surface area contributed by atoms with Crippen molar-refractivity contribution in [1.82, 2.24) is 10.3 Å². The number of thioether (sulfide) groups is 1. The summed E-state index contributed by atoms with van der Waals surface area (Å²) in [7, 11) is 0. The molecule has 162 valence electrons. The van der Waals surface area contributed by atoms with Crippen molar-refractivity contribution in [2.45, 2.75) is 37.5 Å². The van der Waals surface area contributed by atoms with E-state index in [1.807, 2.05) is 30.0 Å². The van der Waals surface area contributed by atoms with E-state index < -0.39 is 6.10 Å². The van der Waals surface area contributed by atoms with Gasteiger partial charge < -0.3 is 20.5 Å². The lowest BCUT2D eigenvalue weighted by atomic mass is 10.1. The number of benzene rings is 2. The number of phenols is 1. The number of thiazole rings is 1. The molecule has 2 atom stereocenters. The van der Waals surface area contributed by atoms with Gasteiger partial charge in [-0.05, 0) is 49.3 Å². The topological polar surface area (TPSA) is 85.3 Å². The van der Waals surface area contributed by atoms with Crippen molar-refractivity contribution in [3.05, 3.63) is 62.2 Å². The highest BCUT2D eigenvalue weighted by Gasteiger charge is 2.15. The van der Waals surface area contributed by atoms with Crippen LogP contribution in [-0.4, -0.2) is 39.3 Å². The molecule has 0 bridgehead atoms. The molecule has 0 fully saturated rings. The van der Waals surface area contributed by atoms with Gasteiger partial charge in [-0.25, -0.2) is 0 Å². The molecule has 5 nitrogen and oxygen atoms in total.